The van der Waals surface area contributed by atoms with E-state index in [-0.39, 0.29) is 16.3 Å². The number of carbonyl (C=O) groups excluding carboxylic acids is 2. The predicted octanol–water partition coefficient (Wildman–Crippen LogP) is 7.15. The Balaban J connectivity index is 1.39. The first-order valence-electron chi connectivity index (χ1n) is 10.9. The molecule has 0 spiro atoms. The van der Waals surface area contributed by atoms with Crippen LogP contribution >= 0.6 is 22.9 Å². The minimum absolute atomic E-state index is 0.0175. The molecule has 5 aromatic rings. The average molecular weight is 513 g/mol. The molecule has 8 heteroatoms. The lowest BCUT2D eigenvalue weighted by Gasteiger charge is -2.04. The lowest BCUT2D eigenvalue weighted by molar-refractivity contribution is -0.119. The molecule has 2 heterocycles. The summed E-state index contributed by atoms with van der Waals surface area (Å²) in [5, 5.41) is 13.6. The van der Waals surface area contributed by atoms with Crippen molar-refractivity contribution in [3.8, 4) is 28.5 Å². The molecule has 0 fully saturated rings. The third kappa shape index (κ3) is 4.48. The molecule has 0 atom stereocenters. The van der Waals surface area contributed by atoms with Crippen LogP contribution in [0.3, 0.4) is 0 Å². The van der Waals surface area contributed by atoms with E-state index in [1.165, 1.54) is 11.3 Å². The largest absolute Gasteiger partial charge is 0.451 e. The predicted molar refractivity (Wildman–Crippen MR) is 140 cm³/mol. The fourth-order valence-corrected chi connectivity index (χ4v) is 5.21. The molecular formula is C28H17ClN2O4S. The van der Waals surface area contributed by atoms with Crippen LogP contribution in [0, 0.1) is 11.3 Å². The summed E-state index contributed by atoms with van der Waals surface area (Å²) >= 11 is 7.53. The lowest BCUT2D eigenvalue weighted by atomic mass is 9.98. The Hall–Kier alpha value is -4.38. The number of ether oxygens (including phenoxy) is 1. The van der Waals surface area contributed by atoms with Gasteiger partial charge >= 0.3 is 5.97 Å². The van der Waals surface area contributed by atoms with Crippen molar-refractivity contribution in [3.63, 3.8) is 0 Å². The molecule has 0 saturated heterocycles. The van der Waals surface area contributed by atoms with Crippen molar-refractivity contribution in [2.45, 2.75) is 0 Å². The van der Waals surface area contributed by atoms with Crippen LogP contribution < -0.4 is 5.32 Å². The van der Waals surface area contributed by atoms with Crippen LogP contribution in [-0.2, 0) is 9.53 Å². The number of hydrogen-bond donors (Lipinski definition) is 1. The molecule has 0 saturated carbocycles. The second-order valence-corrected chi connectivity index (χ2v) is 9.15. The normalized spacial score (nSPS) is 10.7. The number of hydrogen-bond acceptors (Lipinski definition) is 6. The summed E-state index contributed by atoms with van der Waals surface area (Å²) in [6.07, 6.45) is 0. The van der Waals surface area contributed by atoms with E-state index in [4.69, 9.17) is 20.8 Å². The zero-order valence-electron chi connectivity index (χ0n) is 18.7. The number of furan rings is 1. The van der Waals surface area contributed by atoms with Gasteiger partial charge in [0.2, 0.25) is 5.88 Å². The van der Waals surface area contributed by atoms with E-state index < -0.39 is 18.5 Å². The molecule has 6 nitrogen and oxygen atoms in total. The summed E-state index contributed by atoms with van der Waals surface area (Å²) in [7, 11) is 0. The van der Waals surface area contributed by atoms with Crippen molar-refractivity contribution >= 4 is 50.8 Å². The molecule has 1 amide bonds. The number of thiophene rings is 1. The Bertz CT molecular complexity index is 1620. The van der Waals surface area contributed by atoms with Gasteiger partial charge in [0.25, 0.3) is 5.91 Å². The van der Waals surface area contributed by atoms with Crippen molar-refractivity contribution in [3.05, 3.63) is 100 Å². The molecule has 1 N–H and O–H groups in total. The summed E-state index contributed by atoms with van der Waals surface area (Å²) in [6.45, 7) is -0.573. The second-order valence-electron chi connectivity index (χ2n) is 7.72. The number of benzene rings is 3. The molecule has 0 bridgehead atoms. The van der Waals surface area contributed by atoms with Crippen molar-refractivity contribution in [2.24, 2.45) is 0 Å². The maximum Gasteiger partial charge on any atom is 0.350 e. The smallest absolute Gasteiger partial charge is 0.350 e. The Morgan fingerprint density at radius 3 is 2.25 bits per heavy atom. The van der Waals surface area contributed by atoms with Crippen molar-refractivity contribution < 1.29 is 18.7 Å². The molecule has 36 heavy (non-hydrogen) atoms. The molecule has 0 aliphatic rings. The molecule has 0 unspecified atom stereocenters. The third-order valence-electron chi connectivity index (χ3n) is 5.43. The monoisotopic (exact) mass is 512 g/mol. The number of nitrogens with one attached hydrogen (secondary N) is 1. The lowest BCUT2D eigenvalue weighted by Crippen LogP contribution is -2.20. The van der Waals surface area contributed by atoms with Gasteiger partial charge in [0.15, 0.2) is 6.61 Å². The highest BCUT2D eigenvalue weighted by molar-refractivity contribution is 7.21. The Morgan fingerprint density at radius 2 is 1.58 bits per heavy atom. The summed E-state index contributed by atoms with van der Waals surface area (Å²) in [5.74, 6) is -0.921. The Labute approximate surface area is 215 Å². The number of fused-ring (bicyclic) bond motifs is 1. The van der Waals surface area contributed by atoms with E-state index in [1.807, 2.05) is 84.9 Å². The Morgan fingerprint density at radius 1 is 0.944 bits per heavy atom. The minimum Gasteiger partial charge on any atom is -0.451 e. The highest BCUT2D eigenvalue weighted by atomic mass is 35.5. The van der Waals surface area contributed by atoms with E-state index in [1.54, 1.807) is 0 Å². The summed E-state index contributed by atoms with van der Waals surface area (Å²) in [4.78, 5) is 25.5. The van der Waals surface area contributed by atoms with Gasteiger partial charge in [-0.15, -0.1) is 11.3 Å². The number of carbonyl (C=O) groups is 2. The quantitative estimate of drug-likeness (QED) is 0.244. The van der Waals surface area contributed by atoms with Crippen LogP contribution in [0.5, 0.6) is 0 Å². The van der Waals surface area contributed by atoms with E-state index in [0.29, 0.717) is 16.3 Å². The van der Waals surface area contributed by atoms with Crippen molar-refractivity contribution in [1.29, 1.82) is 5.26 Å². The number of rotatable bonds is 6. The van der Waals surface area contributed by atoms with Gasteiger partial charge in [-0.1, -0.05) is 90.5 Å². The van der Waals surface area contributed by atoms with Crippen LogP contribution in [0.15, 0.2) is 89.3 Å². The van der Waals surface area contributed by atoms with Crippen LogP contribution in [0.1, 0.15) is 15.2 Å². The molecule has 5 rings (SSSR count). The molecule has 0 aliphatic carbocycles. The van der Waals surface area contributed by atoms with E-state index >= 15 is 0 Å². The number of anilines is 1. The zero-order chi connectivity index (χ0) is 25.1. The van der Waals surface area contributed by atoms with Crippen LogP contribution in [0.25, 0.3) is 32.5 Å². The first-order valence-corrected chi connectivity index (χ1v) is 12.1. The van der Waals surface area contributed by atoms with Gasteiger partial charge in [0.05, 0.1) is 5.02 Å². The molecular weight excluding hydrogens is 496 g/mol. The number of nitrogens with zero attached hydrogens (tertiary/aromatic N) is 1. The van der Waals surface area contributed by atoms with Gasteiger partial charge in [-0.3, -0.25) is 10.1 Å². The molecule has 3 aromatic carbocycles. The fraction of sp³-hybridized carbons (Fsp3) is 0.0357. The Kier molecular flexibility index (Phi) is 6.54. The SMILES string of the molecule is N#Cc1c(NC(=O)COC(=O)c2sc3ccccc3c2Cl)oc(-c2ccccc2)c1-c1ccccc1. The van der Waals surface area contributed by atoms with Gasteiger partial charge in [-0.2, -0.15) is 5.26 Å². The van der Waals surface area contributed by atoms with Gasteiger partial charge in [-0.05, 0) is 11.6 Å². The van der Waals surface area contributed by atoms with Crippen LogP contribution in [0.2, 0.25) is 5.02 Å². The van der Waals surface area contributed by atoms with Gasteiger partial charge in [-0.25, -0.2) is 4.79 Å². The first kappa shape index (κ1) is 23.4. The standard InChI is InChI=1S/C28H17ClN2O4S/c29-24-19-13-7-8-14-21(19)36-26(24)28(33)34-16-22(32)31-27-20(15-30)23(17-9-3-1-4-10-17)25(35-27)18-11-5-2-6-12-18/h1-14H,16H2,(H,31,32). The first-order chi connectivity index (χ1) is 17.6. The molecule has 0 aliphatic heterocycles. The topological polar surface area (TPSA) is 92.3 Å². The number of nitriles is 1. The number of esters is 1. The third-order valence-corrected chi connectivity index (χ3v) is 7.08. The van der Waals surface area contributed by atoms with Gasteiger partial charge in [0.1, 0.15) is 22.3 Å². The van der Waals surface area contributed by atoms with Gasteiger partial charge in [0, 0.05) is 21.2 Å². The maximum absolute atomic E-state index is 12.7. The second kappa shape index (κ2) is 10.1. The highest BCUT2D eigenvalue weighted by Gasteiger charge is 2.25. The van der Waals surface area contributed by atoms with Crippen LogP contribution in [-0.4, -0.2) is 18.5 Å². The zero-order valence-corrected chi connectivity index (χ0v) is 20.2. The van der Waals surface area contributed by atoms with Crippen molar-refractivity contribution in [1.82, 2.24) is 0 Å². The number of halogens is 1. The maximum atomic E-state index is 12.7. The number of amides is 1. The van der Waals surface area contributed by atoms with E-state index in [0.717, 1.165) is 21.2 Å². The van der Waals surface area contributed by atoms with Crippen molar-refractivity contribution in [2.75, 3.05) is 11.9 Å². The van der Waals surface area contributed by atoms with E-state index in [2.05, 4.69) is 11.4 Å². The van der Waals surface area contributed by atoms with E-state index in [9.17, 15) is 14.9 Å². The minimum atomic E-state index is -0.703. The molecule has 2 aromatic heterocycles. The summed E-state index contributed by atoms with van der Waals surface area (Å²) < 4.78 is 12.0. The average Bonchev–Trinajstić information content (AvgIpc) is 3.46. The summed E-state index contributed by atoms with van der Waals surface area (Å²) in [6, 6.07) is 28.1. The molecule has 0 radical (unpaired) electrons. The van der Waals surface area contributed by atoms with Gasteiger partial charge < -0.3 is 9.15 Å². The van der Waals surface area contributed by atoms with Crippen LogP contribution in [0.4, 0.5) is 5.88 Å². The fourth-order valence-electron chi connectivity index (χ4n) is 3.80. The molecule has 176 valence electrons. The highest BCUT2D eigenvalue weighted by Crippen LogP contribution is 2.41. The summed E-state index contributed by atoms with van der Waals surface area (Å²) in [5.41, 5.74) is 2.25.